The van der Waals surface area contributed by atoms with Crippen LogP contribution in [-0.4, -0.2) is 12.2 Å². The summed E-state index contributed by atoms with van der Waals surface area (Å²) in [5.41, 5.74) is 5.38. The SMILES string of the molecule is NC1CCCCC(=O)O1. The molecule has 1 unspecified atom stereocenters. The number of carbonyl (C=O) groups is 1. The summed E-state index contributed by atoms with van der Waals surface area (Å²) in [6, 6.07) is 0. The fourth-order valence-electron chi connectivity index (χ4n) is 0.902. The van der Waals surface area contributed by atoms with Crippen LogP contribution in [0.3, 0.4) is 0 Å². The first-order valence-corrected chi connectivity index (χ1v) is 3.24. The lowest BCUT2D eigenvalue weighted by molar-refractivity contribution is -0.147. The summed E-state index contributed by atoms with van der Waals surface area (Å²) in [7, 11) is 0. The highest BCUT2D eigenvalue weighted by molar-refractivity contribution is 5.69. The summed E-state index contributed by atoms with van der Waals surface area (Å²) in [4.78, 5) is 10.6. The Balaban J connectivity index is 2.37. The maximum absolute atomic E-state index is 10.6. The van der Waals surface area contributed by atoms with Crippen molar-refractivity contribution in [2.24, 2.45) is 5.73 Å². The molecule has 0 radical (unpaired) electrons. The molecule has 0 aromatic rings. The van der Waals surface area contributed by atoms with Crippen molar-refractivity contribution >= 4 is 5.97 Å². The van der Waals surface area contributed by atoms with E-state index in [0.717, 1.165) is 19.3 Å². The Labute approximate surface area is 54.2 Å². The molecule has 1 saturated heterocycles. The number of esters is 1. The molecule has 3 heteroatoms. The van der Waals surface area contributed by atoms with E-state index < -0.39 is 0 Å². The standard InChI is InChI=1S/C6H11NO2/c7-5-3-1-2-4-6(8)9-5/h5H,1-4,7H2. The van der Waals surface area contributed by atoms with E-state index in [9.17, 15) is 4.79 Å². The van der Waals surface area contributed by atoms with Gasteiger partial charge in [-0.15, -0.1) is 0 Å². The Morgan fingerprint density at radius 2 is 2.33 bits per heavy atom. The van der Waals surface area contributed by atoms with E-state index in [1.807, 2.05) is 0 Å². The lowest BCUT2D eigenvalue weighted by atomic mass is 10.2. The second kappa shape index (κ2) is 2.82. The van der Waals surface area contributed by atoms with E-state index >= 15 is 0 Å². The van der Waals surface area contributed by atoms with Crippen LogP contribution in [0.4, 0.5) is 0 Å². The molecule has 0 aliphatic carbocycles. The number of ether oxygens (including phenoxy) is 1. The fourth-order valence-corrected chi connectivity index (χ4v) is 0.902. The summed E-state index contributed by atoms with van der Waals surface area (Å²) < 4.78 is 4.75. The summed E-state index contributed by atoms with van der Waals surface area (Å²) >= 11 is 0. The van der Waals surface area contributed by atoms with Crippen molar-refractivity contribution in [1.29, 1.82) is 0 Å². The van der Waals surface area contributed by atoms with Gasteiger partial charge >= 0.3 is 5.97 Å². The van der Waals surface area contributed by atoms with Crippen LogP contribution in [0.2, 0.25) is 0 Å². The lowest BCUT2D eigenvalue weighted by Crippen LogP contribution is -2.24. The van der Waals surface area contributed by atoms with Gasteiger partial charge in [-0.2, -0.15) is 0 Å². The highest BCUT2D eigenvalue weighted by Crippen LogP contribution is 2.09. The average molecular weight is 129 g/mol. The zero-order valence-corrected chi connectivity index (χ0v) is 5.30. The van der Waals surface area contributed by atoms with Gasteiger partial charge in [0.05, 0.1) is 0 Å². The summed E-state index contributed by atoms with van der Waals surface area (Å²) in [6.45, 7) is 0. The topological polar surface area (TPSA) is 52.3 Å². The molecule has 52 valence electrons. The number of hydrogen-bond acceptors (Lipinski definition) is 3. The third kappa shape index (κ3) is 2.01. The molecule has 0 aromatic heterocycles. The van der Waals surface area contributed by atoms with Crippen molar-refractivity contribution in [2.45, 2.75) is 31.9 Å². The van der Waals surface area contributed by atoms with Crippen LogP contribution in [0.15, 0.2) is 0 Å². The van der Waals surface area contributed by atoms with Gasteiger partial charge in [0, 0.05) is 6.42 Å². The van der Waals surface area contributed by atoms with E-state index in [-0.39, 0.29) is 12.2 Å². The zero-order chi connectivity index (χ0) is 6.69. The molecule has 1 aliphatic heterocycles. The van der Waals surface area contributed by atoms with Crippen molar-refractivity contribution in [3.05, 3.63) is 0 Å². The van der Waals surface area contributed by atoms with Gasteiger partial charge in [0.15, 0.2) is 6.23 Å². The maximum Gasteiger partial charge on any atom is 0.307 e. The first kappa shape index (κ1) is 6.55. The monoisotopic (exact) mass is 129 g/mol. The van der Waals surface area contributed by atoms with Gasteiger partial charge in [-0.05, 0) is 19.3 Å². The normalized spacial score (nSPS) is 29.0. The van der Waals surface area contributed by atoms with Gasteiger partial charge in [-0.1, -0.05) is 0 Å². The molecule has 0 amide bonds. The van der Waals surface area contributed by atoms with Gasteiger partial charge in [0.25, 0.3) is 0 Å². The highest BCUT2D eigenvalue weighted by Gasteiger charge is 2.13. The second-order valence-electron chi connectivity index (χ2n) is 2.27. The first-order valence-electron chi connectivity index (χ1n) is 3.24. The summed E-state index contributed by atoms with van der Waals surface area (Å²) in [5, 5.41) is 0. The van der Waals surface area contributed by atoms with E-state index in [0.29, 0.717) is 6.42 Å². The quantitative estimate of drug-likeness (QED) is 0.481. The predicted octanol–water partition coefficient (Wildman–Crippen LogP) is 0.388. The van der Waals surface area contributed by atoms with Gasteiger partial charge < -0.3 is 4.74 Å². The Kier molecular flexibility index (Phi) is 2.05. The molecule has 0 spiro atoms. The molecule has 0 saturated carbocycles. The lowest BCUT2D eigenvalue weighted by Gasteiger charge is -2.06. The van der Waals surface area contributed by atoms with Crippen LogP contribution >= 0.6 is 0 Å². The van der Waals surface area contributed by atoms with Crippen LogP contribution in [0.5, 0.6) is 0 Å². The minimum atomic E-state index is -0.347. The minimum Gasteiger partial charge on any atom is -0.447 e. The Morgan fingerprint density at radius 3 is 3.11 bits per heavy atom. The third-order valence-electron chi connectivity index (χ3n) is 1.40. The van der Waals surface area contributed by atoms with E-state index in [1.54, 1.807) is 0 Å². The minimum absolute atomic E-state index is 0.153. The van der Waals surface area contributed by atoms with Crippen molar-refractivity contribution in [3.8, 4) is 0 Å². The van der Waals surface area contributed by atoms with E-state index in [1.165, 1.54) is 0 Å². The van der Waals surface area contributed by atoms with Gasteiger partial charge in [-0.3, -0.25) is 10.5 Å². The highest BCUT2D eigenvalue weighted by atomic mass is 16.6. The van der Waals surface area contributed by atoms with Gasteiger partial charge in [-0.25, -0.2) is 0 Å². The van der Waals surface area contributed by atoms with Crippen LogP contribution < -0.4 is 5.73 Å². The molecule has 9 heavy (non-hydrogen) atoms. The molecule has 2 N–H and O–H groups in total. The molecule has 0 bridgehead atoms. The number of cyclic esters (lactones) is 1. The molecule has 1 atom stereocenters. The number of rotatable bonds is 0. The Bertz CT molecular complexity index is 114. The van der Waals surface area contributed by atoms with E-state index in [4.69, 9.17) is 10.5 Å². The average Bonchev–Trinajstić information content (AvgIpc) is 1.93. The first-order chi connectivity index (χ1) is 4.29. The van der Waals surface area contributed by atoms with Crippen LogP contribution in [0, 0.1) is 0 Å². The van der Waals surface area contributed by atoms with Crippen LogP contribution in [-0.2, 0) is 9.53 Å². The second-order valence-corrected chi connectivity index (χ2v) is 2.27. The number of nitrogens with two attached hydrogens (primary N) is 1. The Morgan fingerprint density at radius 1 is 1.56 bits per heavy atom. The third-order valence-corrected chi connectivity index (χ3v) is 1.40. The van der Waals surface area contributed by atoms with Crippen molar-refractivity contribution < 1.29 is 9.53 Å². The summed E-state index contributed by atoms with van der Waals surface area (Å²) in [5.74, 6) is -0.153. The molecule has 0 aromatic carbocycles. The molecule has 1 fully saturated rings. The molecule has 1 heterocycles. The van der Waals surface area contributed by atoms with Gasteiger partial charge in [0.2, 0.25) is 0 Å². The molecule has 3 nitrogen and oxygen atoms in total. The smallest absolute Gasteiger partial charge is 0.307 e. The molecule has 1 rings (SSSR count). The number of hydrogen-bond donors (Lipinski definition) is 1. The predicted molar refractivity (Wildman–Crippen MR) is 32.5 cm³/mol. The zero-order valence-electron chi connectivity index (χ0n) is 5.30. The molecular formula is C6H11NO2. The largest absolute Gasteiger partial charge is 0.447 e. The molecular weight excluding hydrogens is 118 g/mol. The van der Waals surface area contributed by atoms with Crippen LogP contribution in [0.25, 0.3) is 0 Å². The van der Waals surface area contributed by atoms with Gasteiger partial charge in [0.1, 0.15) is 0 Å². The fraction of sp³-hybridized carbons (Fsp3) is 0.833. The molecule has 1 aliphatic rings. The number of carbonyl (C=O) groups excluding carboxylic acids is 1. The maximum atomic E-state index is 10.6. The van der Waals surface area contributed by atoms with Crippen molar-refractivity contribution in [2.75, 3.05) is 0 Å². The summed E-state index contributed by atoms with van der Waals surface area (Å²) in [6.07, 6.45) is 2.93. The van der Waals surface area contributed by atoms with E-state index in [2.05, 4.69) is 0 Å². The Hall–Kier alpha value is -0.570. The van der Waals surface area contributed by atoms with Crippen LogP contribution in [0.1, 0.15) is 25.7 Å². The van der Waals surface area contributed by atoms with Crippen molar-refractivity contribution in [3.63, 3.8) is 0 Å². The van der Waals surface area contributed by atoms with Crippen molar-refractivity contribution in [1.82, 2.24) is 0 Å².